The minimum Gasteiger partial charge on any atom is -0.495 e. The highest BCUT2D eigenvalue weighted by Crippen LogP contribution is 2.29. The van der Waals surface area contributed by atoms with Crippen molar-refractivity contribution in [3.8, 4) is 5.75 Å². The largest absolute Gasteiger partial charge is 0.495 e. The monoisotopic (exact) mass is 461 g/mol. The summed E-state index contributed by atoms with van der Waals surface area (Å²) in [5.41, 5.74) is 2.10. The molecule has 32 heavy (non-hydrogen) atoms. The molecular formula is C23H31N3O5S. The van der Waals surface area contributed by atoms with E-state index in [1.54, 1.807) is 38.1 Å². The van der Waals surface area contributed by atoms with Crippen LogP contribution in [0.15, 0.2) is 48.5 Å². The average molecular weight is 462 g/mol. The lowest BCUT2D eigenvalue weighted by Gasteiger charge is -2.32. The molecule has 0 saturated heterocycles. The molecule has 1 atom stereocenters. The molecule has 9 heteroatoms. The summed E-state index contributed by atoms with van der Waals surface area (Å²) in [6, 6.07) is 13.4. The first-order valence-corrected chi connectivity index (χ1v) is 12.2. The molecule has 0 radical (unpaired) electrons. The molecule has 2 rings (SSSR count). The highest BCUT2D eigenvalue weighted by Gasteiger charge is 2.31. The van der Waals surface area contributed by atoms with Crippen molar-refractivity contribution in [3.05, 3.63) is 59.7 Å². The predicted molar refractivity (Wildman–Crippen MR) is 125 cm³/mol. The summed E-state index contributed by atoms with van der Waals surface area (Å²) < 4.78 is 31.5. The summed E-state index contributed by atoms with van der Waals surface area (Å²) in [4.78, 5) is 27.4. The van der Waals surface area contributed by atoms with Crippen LogP contribution in [0.25, 0.3) is 0 Å². The molecule has 1 unspecified atom stereocenters. The molecule has 0 fully saturated rings. The van der Waals surface area contributed by atoms with Gasteiger partial charge in [-0.1, -0.05) is 36.4 Å². The number of benzene rings is 2. The van der Waals surface area contributed by atoms with E-state index in [1.165, 1.54) is 12.0 Å². The molecule has 0 aliphatic rings. The standard InChI is InChI=1S/C23H31N3O5S/c1-6-24-23(28)18(3)25(15-19-12-8-7-11-17(19)2)22(27)16-26(32(5,29)30)20-13-9-10-14-21(20)31-4/h7-14,18H,6,15-16H2,1-5H3,(H,24,28). The van der Waals surface area contributed by atoms with Crippen molar-refractivity contribution in [1.29, 1.82) is 0 Å². The van der Waals surface area contributed by atoms with Gasteiger partial charge in [0.2, 0.25) is 21.8 Å². The Morgan fingerprint density at radius 2 is 1.72 bits per heavy atom. The van der Waals surface area contributed by atoms with E-state index in [0.29, 0.717) is 12.3 Å². The highest BCUT2D eigenvalue weighted by atomic mass is 32.2. The lowest BCUT2D eigenvalue weighted by molar-refractivity contribution is -0.139. The molecule has 1 N–H and O–H groups in total. The van der Waals surface area contributed by atoms with Crippen molar-refractivity contribution in [2.45, 2.75) is 33.4 Å². The molecule has 0 saturated carbocycles. The smallest absolute Gasteiger partial charge is 0.244 e. The number of carbonyl (C=O) groups is 2. The number of para-hydroxylation sites is 2. The fraction of sp³-hybridized carbons (Fsp3) is 0.391. The Bertz CT molecular complexity index is 1060. The third kappa shape index (κ3) is 6.23. The summed E-state index contributed by atoms with van der Waals surface area (Å²) in [5.74, 6) is -0.478. The molecule has 0 spiro atoms. The van der Waals surface area contributed by atoms with Gasteiger partial charge in [0.05, 0.1) is 19.1 Å². The number of rotatable bonds is 10. The molecule has 2 aromatic carbocycles. The minimum absolute atomic E-state index is 0.174. The van der Waals surface area contributed by atoms with Crippen LogP contribution in [0.5, 0.6) is 5.75 Å². The Kier molecular flexibility index (Phi) is 8.65. The first-order valence-electron chi connectivity index (χ1n) is 10.3. The Morgan fingerprint density at radius 3 is 2.31 bits per heavy atom. The van der Waals surface area contributed by atoms with Gasteiger partial charge in [-0.3, -0.25) is 13.9 Å². The number of ether oxygens (including phenoxy) is 1. The van der Waals surface area contributed by atoms with Gasteiger partial charge >= 0.3 is 0 Å². The van der Waals surface area contributed by atoms with E-state index in [-0.39, 0.29) is 18.1 Å². The molecule has 0 heterocycles. The zero-order chi connectivity index (χ0) is 23.9. The Balaban J connectivity index is 2.44. The number of hydrogen-bond acceptors (Lipinski definition) is 5. The summed E-state index contributed by atoms with van der Waals surface area (Å²) in [6.45, 7) is 5.49. The lowest BCUT2D eigenvalue weighted by Crippen LogP contribution is -2.51. The van der Waals surface area contributed by atoms with Crippen LogP contribution in [0, 0.1) is 6.92 Å². The molecule has 0 aromatic heterocycles. The first-order chi connectivity index (χ1) is 15.1. The molecule has 0 aliphatic carbocycles. The van der Waals surface area contributed by atoms with Gasteiger partial charge in [-0.2, -0.15) is 0 Å². The second-order valence-electron chi connectivity index (χ2n) is 7.46. The zero-order valence-corrected chi connectivity index (χ0v) is 20.0. The van der Waals surface area contributed by atoms with Crippen molar-refractivity contribution in [2.24, 2.45) is 0 Å². The van der Waals surface area contributed by atoms with Crippen molar-refractivity contribution >= 4 is 27.5 Å². The number of sulfonamides is 1. The number of carbonyl (C=O) groups excluding carboxylic acids is 2. The fourth-order valence-corrected chi connectivity index (χ4v) is 4.16. The molecule has 2 amide bonds. The van der Waals surface area contributed by atoms with Crippen molar-refractivity contribution < 1.29 is 22.7 Å². The third-order valence-electron chi connectivity index (χ3n) is 5.15. The topological polar surface area (TPSA) is 96.0 Å². The number of likely N-dealkylation sites (N-methyl/N-ethyl adjacent to an activating group) is 1. The van der Waals surface area contributed by atoms with E-state index < -0.39 is 28.5 Å². The SMILES string of the molecule is CCNC(=O)C(C)N(Cc1ccccc1C)C(=O)CN(c1ccccc1OC)S(C)(=O)=O. The summed E-state index contributed by atoms with van der Waals surface area (Å²) in [5, 5.41) is 2.73. The predicted octanol–water partition coefficient (Wildman–Crippen LogP) is 2.32. The summed E-state index contributed by atoms with van der Waals surface area (Å²) >= 11 is 0. The van der Waals surface area contributed by atoms with Gasteiger partial charge in [0.25, 0.3) is 0 Å². The third-order valence-corrected chi connectivity index (χ3v) is 6.28. The van der Waals surface area contributed by atoms with Crippen molar-refractivity contribution in [3.63, 3.8) is 0 Å². The number of aryl methyl sites for hydroxylation is 1. The van der Waals surface area contributed by atoms with Gasteiger partial charge < -0.3 is 15.0 Å². The van der Waals surface area contributed by atoms with Crippen molar-refractivity contribution in [1.82, 2.24) is 10.2 Å². The molecule has 8 nitrogen and oxygen atoms in total. The number of nitrogens with one attached hydrogen (secondary N) is 1. The van der Waals surface area contributed by atoms with E-state index in [9.17, 15) is 18.0 Å². The maximum absolute atomic E-state index is 13.4. The van der Waals surface area contributed by atoms with Crippen LogP contribution in [0.1, 0.15) is 25.0 Å². The number of anilines is 1. The van der Waals surface area contributed by atoms with E-state index in [0.717, 1.165) is 21.7 Å². The Labute approximate surface area is 190 Å². The average Bonchev–Trinajstić information content (AvgIpc) is 2.75. The van der Waals surface area contributed by atoms with Crippen LogP contribution in [-0.2, 0) is 26.2 Å². The molecule has 0 bridgehead atoms. The van der Waals surface area contributed by atoms with Crippen LogP contribution in [0.4, 0.5) is 5.69 Å². The maximum Gasteiger partial charge on any atom is 0.244 e. The van der Waals surface area contributed by atoms with E-state index in [4.69, 9.17) is 4.74 Å². The van der Waals surface area contributed by atoms with E-state index >= 15 is 0 Å². The van der Waals surface area contributed by atoms with Gasteiger partial charge in [0.1, 0.15) is 18.3 Å². The van der Waals surface area contributed by atoms with Gasteiger partial charge in [-0.25, -0.2) is 8.42 Å². The Morgan fingerprint density at radius 1 is 1.09 bits per heavy atom. The number of hydrogen-bond donors (Lipinski definition) is 1. The van der Waals surface area contributed by atoms with Crippen LogP contribution in [0.3, 0.4) is 0 Å². The zero-order valence-electron chi connectivity index (χ0n) is 19.2. The number of amides is 2. The molecule has 174 valence electrons. The van der Waals surface area contributed by atoms with Crippen LogP contribution >= 0.6 is 0 Å². The summed E-state index contributed by atoms with van der Waals surface area (Å²) in [6.07, 6.45) is 1.03. The maximum atomic E-state index is 13.4. The van der Waals surface area contributed by atoms with Crippen LogP contribution in [0.2, 0.25) is 0 Å². The van der Waals surface area contributed by atoms with Crippen LogP contribution < -0.4 is 14.4 Å². The molecular weight excluding hydrogens is 430 g/mol. The number of methoxy groups -OCH3 is 1. The second-order valence-corrected chi connectivity index (χ2v) is 9.37. The molecule has 0 aliphatic heterocycles. The van der Waals surface area contributed by atoms with Gasteiger partial charge in [0.15, 0.2) is 0 Å². The minimum atomic E-state index is -3.81. The van der Waals surface area contributed by atoms with Gasteiger partial charge in [-0.15, -0.1) is 0 Å². The van der Waals surface area contributed by atoms with Gasteiger partial charge in [0, 0.05) is 13.1 Å². The van der Waals surface area contributed by atoms with E-state index in [1.807, 2.05) is 31.2 Å². The Hall–Kier alpha value is -3.07. The number of nitrogens with zero attached hydrogens (tertiary/aromatic N) is 2. The first kappa shape index (κ1) is 25.2. The normalized spacial score (nSPS) is 12.0. The van der Waals surface area contributed by atoms with Crippen molar-refractivity contribution in [2.75, 3.05) is 30.8 Å². The van der Waals surface area contributed by atoms with Gasteiger partial charge in [-0.05, 0) is 44.0 Å². The fourth-order valence-electron chi connectivity index (χ4n) is 3.31. The summed E-state index contributed by atoms with van der Waals surface area (Å²) in [7, 11) is -2.38. The molecule has 2 aromatic rings. The van der Waals surface area contributed by atoms with E-state index in [2.05, 4.69) is 5.32 Å². The second kappa shape index (κ2) is 11.0. The van der Waals surface area contributed by atoms with Crippen LogP contribution in [-0.4, -0.2) is 57.6 Å². The lowest BCUT2D eigenvalue weighted by atomic mass is 10.1. The quantitative estimate of drug-likeness (QED) is 0.586. The highest BCUT2D eigenvalue weighted by molar-refractivity contribution is 7.92.